The zero-order chi connectivity index (χ0) is 13.9. The minimum Gasteiger partial charge on any atom is -0.303 e. The zero-order valence-electron chi connectivity index (χ0n) is 10.6. The minimum atomic E-state index is -0.0280. The third kappa shape index (κ3) is 1.48. The van der Waals surface area contributed by atoms with Crippen molar-refractivity contribution in [3.63, 3.8) is 0 Å². The second kappa shape index (κ2) is 4.34. The molecule has 2 aromatic carbocycles. The fourth-order valence-corrected chi connectivity index (χ4v) is 4.51. The number of hydrogen-bond donors (Lipinski definition) is 0. The number of aldehydes is 1. The van der Waals surface area contributed by atoms with Crippen molar-refractivity contribution in [2.45, 2.75) is 18.3 Å². The second-order valence-corrected chi connectivity index (χ2v) is 6.37. The first kappa shape index (κ1) is 12.4. The molecule has 100 valence electrons. The Labute approximate surface area is 127 Å². The maximum absolute atomic E-state index is 11.5. The van der Waals surface area contributed by atoms with E-state index in [1.807, 2.05) is 24.3 Å². The van der Waals surface area contributed by atoms with Crippen molar-refractivity contribution in [2.24, 2.45) is 5.92 Å². The van der Waals surface area contributed by atoms with Crippen LogP contribution < -0.4 is 0 Å². The summed E-state index contributed by atoms with van der Waals surface area (Å²) < 4.78 is 0. The normalized spacial score (nSPS) is 26.0. The van der Waals surface area contributed by atoms with E-state index in [2.05, 4.69) is 12.1 Å². The predicted octanol–water partition coefficient (Wildman–Crippen LogP) is 4.79. The van der Waals surface area contributed by atoms with E-state index in [0.717, 1.165) is 33.9 Å². The number of fused-ring (bicyclic) bond motifs is 1. The average Bonchev–Trinajstić information content (AvgIpc) is 2.47. The Hall–Kier alpha value is -1.31. The van der Waals surface area contributed by atoms with Gasteiger partial charge in [0.2, 0.25) is 0 Å². The Balaban J connectivity index is 2.08. The summed E-state index contributed by atoms with van der Waals surface area (Å²) in [5.74, 6) is 0.210. The maximum atomic E-state index is 11.5. The van der Waals surface area contributed by atoms with E-state index >= 15 is 0 Å². The predicted molar refractivity (Wildman–Crippen MR) is 80.8 cm³/mol. The van der Waals surface area contributed by atoms with Crippen LogP contribution in [0.4, 0.5) is 0 Å². The molecule has 0 saturated heterocycles. The largest absolute Gasteiger partial charge is 0.303 e. The molecule has 0 N–H and O–H groups in total. The number of carbonyl (C=O) groups excluding carboxylic acids is 1. The van der Waals surface area contributed by atoms with Crippen LogP contribution in [0.15, 0.2) is 36.4 Å². The first-order valence-electron chi connectivity index (χ1n) is 6.74. The van der Waals surface area contributed by atoms with E-state index < -0.39 is 0 Å². The lowest BCUT2D eigenvalue weighted by Crippen LogP contribution is -2.33. The molecule has 0 amide bonds. The minimum absolute atomic E-state index is 0.00454. The molecule has 0 spiro atoms. The molecule has 0 saturated carbocycles. The van der Waals surface area contributed by atoms with Gasteiger partial charge in [0.15, 0.2) is 0 Å². The monoisotopic (exact) mass is 302 g/mol. The van der Waals surface area contributed by atoms with Crippen LogP contribution in [0.2, 0.25) is 10.0 Å². The van der Waals surface area contributed by atoms with Crippen molar-refractivity contribution in [3.8, 4) is 0 Å². The van der Waals surface area contributed by atoms with Crippen LogP contribution in [0.25, 0.3) is 0 Å². The van der Waals surface area contributed by atoms with Crippen molar-refractivity contribution in [1.29, 1.82) is 0 Å². The van der Waals surface area contributed by atoms with Gasteiger partial charge in [-0.15, -0.1) is 0 Å². The molecule has 1 atom stereocenters. The first-order valence-corrected chi connectivity index (χ1v) is 7.50. The van der Waals surface area contributed by atoms with Gasteiger partial charge in [0, 0.05) is 27.8 Å². The van der Waals surface area contributed by atoms with Gasteiger partial charge in [0.25, 0.3) is 0 Å². The highest BCUT2D eigenvalue weighted by Gasteiger charge is 2.45. The van der Waals surface area contributed by atoms with Gasteiger partial charge >= 0.3 is 0 Å². The zero-order valence-corrected chi connectivity index (χ0v) is 12.2. The quantitative estimate of drug-likeness (QED) is 0.692. The molecule has 3 aliphatic rings. The Bertz CT molecular complexity index is 669. The van der Waals surface area contributed by atoms with Gasteiger partial charge in [-0.2, -0.15) is 0 Å². The standard InChI is InChI=1S/C17H12Cl2O/c18-13-5-1-3-10-12-7-9(8-20)15(16(10)13)17-11(12)4-2-6-14(17)19/h1-6,8-9,12,15H,7H2. The number of benzene rings is 2. The lowest BCUT2D eigenvalue weighted by atomic mass is 9.59. The SMILES string of the molecule is O=CC1CC2c3cccc(Cl)c3C1c1c(Cl)cccc12. The van der Waals surface area contributed by atoms with E-state index in [0.29, 0.717) is 0 Å². The summed E-state index contributed by atoms with van der Waals surface area (Å²) >= 11 is 12.8. The molecule has 0 aromatic heterocycles. The molecule has 1 nitrogen and oxygen atoms in total. The number of halogens is 2. The molecule has 0 aliphatic heterocycles. The van der Waals surface area contributed by atoms with E-state index in [4.69, 9.17) is 23.2 Å². The van der Waals surface area contributed by atoms with Crippen LogP contribution in [-0.4, -0.2) is 6.29 Å². The van der Waals surface area contributed by atoms with E-state index in [1.165, 1.54) is 11.1 Å². The van der Waals surface area contributed by atoms with Crippen molar-refractivity contribution in [3.05, 3.63) is 68.7 Å². The Morgan fingerprint density at radius 1 is 0.950 bits per heavy atom. The Morgan fingerprint density at radius 2 is 1.50 bits per heavy atom. The smallest absolute Gasteiger partial charge is 0.124 e. The molecule has 2 aromatic rings. The Morgan fingerprint density at radius 3 is 2.00 bits per heavy atom. The first-order chi connectivity index (χ1) is 9.72. The highest BCUT2D eigenvalue weighted by atomic mass is 35.5. The summed E-state index contributed by atoms with van der Waals surface area (Å²) in [4.78, 5) is 11.5. The molecule has 20 heavy (non-hydrogen) atoms. The van der Waals surface area contributed by atoms with Crippen LogP contribution in [0, 0.1) is 5.92 Å². The van der Waals surface area contributed by atoms with Crippen molar-refractivity contribution < 1.29 is 4.79 Å². The van der Waals surface area contributed by atoms with Gasteiger partial charge in [0.1, 0.15) is 6.29 Å². The molecule has 3 heteroatoms. The van der Waals surface area contributed by atoms with Gasteiger partial charge in [-0.1, -0.05) is 47.5 Å². The van der Waals surface area contributed by atoms with E-state index in [1.54, 1.807) is 0 Å². The lowest BCUT2D eigenvalue weighted by Gasteiger charge is -2.44. The molecule has 0 fully saturated rings. The Kier molecular flexibility index (Phi) is 2.70. The fraction of sp³-hybridized carbons (Fsp3) is 0.235. The van der Waals surface area contributed by atoms with Crippen molar-refractivity contribution >= 4 is 29.5 Å². The molecular weight excluding hydrogens is 291 g/mol. The van der Waals surface area contributed by atoms with Crippen LogP contribution >= 0.6 is 23.2 Å². The number of rotatable bonds is 1. The van der Waals surface area contributed by atoms with Gasteiger partial charge < -0.3 is 4.79 Å². The van der Waals surface area contributed by atoms with Gasteiger partial charge in [-0.05, 0) is 40.8 Å². The van der Waals surface area contributed by atoms with Gasteiger partial charge in [-0.3, -0.25) is 0 Å². The summed E-state index contributed by atoms with van der Waals surface area (Å²) in [6.45, 7) is 0. The summed E-state index contributed by atoms with van der Waals surface area (Å²) in [5, 5.41) is 1.49. The van der Waals surface area contributed by atoms with Crippen LogP contribution in [0.1, 0.15) is 40.5 Å². The van der Waals surface area contributed by atoms with Crippen molar-refractivity contribution in [1.82, 2.24) is 0 Å². The van der Waals surface area contributed by atoms with Crippen molar-refractivity contribution in [2.75, 3.05) is 0 Å². The second-order valence-electron chi connectivity index (χ2n) is 5.55. The highest BCUT2D eigenvalue weighted by molar-refractivity contribution is 6.32. The molecule has 0 radical (unpaired) electrons. The highest BCUT2D eigenvalue weighted by Crippen LogP contribution is 2.57. The molecule has 3 aliphatic carbocycles. The summed E-state index contributed by atoms with van der Waals surface area (Å²) in [6, 6.07) is 12.0. The average molecular weight is 303 g/mol. The molecule has 5 rings (SSSR count). The summed E-state index contributed by atoms with van der Waals surface area (Å²) in [5.41, 5.74) is 4.72. The number of carbonyl (C=O) groups is 1. The number of hydrogen-bond acceptors (Lipinski definition) is 1. The summed E-state index contributed by atoms with van der Waals surface area (Å²) in [6.07, 6.45) is 1.92. The van der Waals surface area contributed by atoms with Crippen LogP contribution in [-0.2, 0) is 4.79 Å². The topological polar surface area (TPSA) is 17.1 Å². The molecular formula is C17H12Cl2O. The maximum Gasteiger partial charge on any atom is 0.124 e. The van der Waals surface area contributed by atoms with Gasteiger partial charge in [0.05, 0.1) is 0 Å². The lowest BCUT2D eigenvalue weighted by molar-refractivity contribution is -0.112. The van der Waals surface area contributed by atoms with E-state index in [-0.39, 0.29) is 17.8 Å². The van der Waals surface area contributed by atoms with E-state index in [9.17, 15) is 4.79 Å². The third-order valence-corrected chi connectivity index (χ3v) is 5.32. The van der Waals surface area contributed by atoms with Crippen LogP contribution in [0.5, 0.6) is 0 Å². The third-order valence-electron chi connectivity index (χ3n) is 4.66. The molecule has 2 bridgehead atoms. The summed E-state index contributed by atoms with van der Waals surface area (Å²) in [7, 11) is 0. The van der Waals surface area contributed by atoms with Gasteiger partial charge in [-0.25, -0.2) is 0 Å². The van der Waals surface area contributed by atoms with Crippen LogP contribution in [0.3, 0.4) is 0 Å². The molecule has 1 unspecified atom stereocenters. The fourth-order valence-electron chi connectivity index (χ4n) is 3.91. The molecule has 0 heterocycles.